The maximum Gasteiger partial charge on any atom is 0.276 e. The van der Waals surface area contributed by atoms with Gasteiger partial charge in [0.15, 0.2) is 0 Å². The second-order valence-electron chi connectivity index (χ2n) is 4.41. The molecule has 3 rings (SSSR count). The minimum Gasteiger partial charge on any atom is -0.416 e. The molecule has 0 spiro atoms. The van der Waals surface area contributed by atoms with E-state index in [4.69, 9.17) is 4.42 Å². The molecule has 0 aliphatic heterocycles. The molecule has 1 aromatic carbocycles. The minimum atomic E-state index is -0.263. The predicted octanol–water partition coefficient (Wildman–Crippen LogP) is 3.86. The Balaban J connectivity index is 1.61. The molecule has 2 aromatic heterocycles. The van der Waals surface area contributed by atoms with Gasteiger partial charge in [-0.05, 0) is 24.6 Å². The number of benzene rings is 1. The topological polar surface area (TPSA) is 51.8 Å². The summed E-state index contributed by atoms with van der Waals surface area (Å²) in [6, 6.07) is 6.38. The van der Waals surface area contributed by atoms with Gasteiger partial charge in [0, 0.05) is 11.1 Å². The molecule has 0 saturated carbocycles. The molecule has 0 bridgehead atoms. The van der Waals surface area contributed by atoms with Crippen molar-refractivity contribution in [3.8, 4) is 0 Å². The average Bonchev–Trinajstić information content (AvgIpc) is 3.06. The molecule has 2 heterocycles. The van der Waals surface area contributed by atoms with Crippen molar-refractivity contribution < 1.29 is 8.81 Å². The second kappa shape index (κ2) is 6.36. The molecule has 4 nitrogen and oxygen atoms in total. The van der Waals surface area contributed by atoms with E-state index >= 15 is 0 Å². The quantitative estimate of drug-likeness (QED) is 0.668. The lowest BCUT2D eigenvalue weighted by Gasteiger charge is -1.96. The summed E-state index contributed by atoms with van der Waals surface area (Å²) in [4.78, 5) is 4.38. The fourth-order valence-corrected chi connectivity index (χ4v) is 3.19. The first-order valence-electron chi connectivity index (χ1n) is 6.29. The molecule has 0 N–H and O–H groups in total. The van der Waals surface area contributed by atoms with Crippen molar-refractivity contribution >= 4 is 23.1 Å². The molecular formula is C14H12FN3OS2. The molecule has 7 heteroatoms. The zero-order valence-corrected chi connectivity index (χ0v) is 12.9. The van der Waals surface area contributed by atoms with Crippen LogP contribution < -0.4 is 0 Å². The Kier molecular flexibility index (Phi) is 4.31. The van der Waals surface area contributed by atoms with Crippen LogP contribution in [0, 0.1) is 12.7 Å². The van der Waals surface area contributed by atoms with Crippen molar-refractivity contribution in [3.05, 3.63) is 57.6 Å². The maximum absolute atomic E-state index is 13.1. The summed E-state index contributed by atoms with van der Waals surface area (Å²) < 4.78 is 18.7. The van der Waals surface area contributed by atoms with Crippen molar-refractivity contribution in [3.63, 3.8) is 0 Å². The van der Waals surface area contributed by atoms with Gasteiger partial charge in [-0.1, -0.05) is 23.9 Å². The van der Waals surface area contributed by atoms with Gasteiger partial charge in [0.05, 0.1) is 17.1 Å². The molecule has 0 unspecified atom stereocenters. The SMILES string of the molecule is Cc1nc(CSc2nnc(Cc3cccc(F)c3)o2)cs1. The van der Waals surface area contributed by atoms with Crippen LogP contribution in [-0.4, -0.2) is 15.2 Å². The van der Waals surface area contributed by atoms with Crippen LogP contribution in [0.1, 0.15) is 22.2 Å². The van der Waals surface area contributed by atoms with Crippen LogP contribution in [-0.2, 0) is 12.2 Å². The predicted molar refractivity (Wildman–Crippen MR) is 79.9 cm³/mol. The number of rotatable bonds is 5. The molecular weight excluding hydrogens is 309 g/mol. The number of aryl methyl sites for hydroxylation is 1. The average molecular weight is 321 g/mol. The third-order valence-electron chi connectivity index (χ3n) is 2.70. The Bertz CT molecular complexity index is 741. The Morgan fingerprint density at radius 2 is 2.24 bits per heavy atom. The van der Waals surface area contributed by atoms with Crippen LogP contribution in [0.4, 0.5) is 4.39 Å². The van der Waals surface area contributed by atoms with Gasteiger partial charge < -0.3 is 4.42 Å². The number of hydrogen-bond acceptors (Lipinski definition) is 6. The molecule has 0 aliphatic carbocycles. The minimum absolute atomic E-state index is 0.263. The van der Waals surface area contributed by atoms with Gasteiger partial charge in [-0.3, -0.25) is 0 Å². The smallest absolute Gasteiger partial charge is 0.276 e. The van der Waals surface area contributed by atoms with Crippen molar-refractivity contribution in [1.29, 1.82) is 0 Å². The van der Waals surface area contributed by atoms with Crippen molar-refractivity contribution in [2.45, 2.75) is 24.3 Å². The number of halogens is 1. The molecule has 0 fully saturated rings. The van der Waals surface area contributed by atoms with Gasteiger partial charge in [0.1, 0.15) is 5.82 Å². The molecule has 0 atom stereocenters. The molecule has 0 aliphatic rings. The van der Waals surface area contributed by atoms with Crippen LogP contribution in [0.3, 0.4) is 0 Å². The lowest BCUT2D eigenvalue weighted by atomic mass is 10.1. The van der Waals surface area contributed by atoms with Crippen LogP contribution >= 0.6 is 23.1 Å². The summed E-state index contributed by atoms with van der Waals surface area (Å²) in [6.07, 6.45) is 0.432. The summed E-state index contributed by atoms with van der Waals surface area (Å²) in [6.45, 7) is 1.97. The van der Waals surface area contributed by atoms with Gasteiger partial charge in [-0.25, -0.2) is 9.37 Å². The highest BCUT2D eigenvalue weighted by atomic mass is 32.2. The largest absolute Gasteiger partial charge is 0.416 e. The van der Waals surface area contributed by atoms with E-state index < -0.39 is 0 Å². The van der Waals surface area contributed by atoms with Crippen LogP contribution in [0.25, 0.3) is 0 Å². The van der Waals surface area contributed by atoms with Gasteiger partial charge in [0.2, 0.25) is 5.89 Å². The number of thiazole rings is 1. The molecule has 21 heavy (non-hydrogen) atoms. The monoisotopic (exact) mass is 321 g/mol. The van der Waals surface area contributed by atoms with Crippen LogP contribution in [0.15, 0.2) is 39.3 Å². The van der Waals surface area contributed by atoms with Gasteiger partial charge in [-0.15, -0.1) is 21.5 Å². The van der Waals surface area contributed by atoms with Crippen molar-refractivity contribution in [2.24, 2.45) is 0 Å². The van der Waals surface area contributed by atoms with E-state index in [1.165, 1.54) is 23.9 Å². The third-order valence-corrected chi connectivity index (χ3v) is 4.38. The summed E-state index contributed by atoms with van der Waals surface area (Å²) in [5, 5.41) is 11.5. The lowest BCUT2D eigenvalue weighted by molar-refractivity contribution is 0.420. The number of hydrogen-bond donors (Lipinski definition) is 0. The van der Waals surface area contributed by atoms with Gasteiger partial charge in [0.25, 0.3) is 5.22 Å². The van der Waals surface area contributed by atoms with Crippen LogP contribution in [0.5, 0.6) is 0 Å². The number of nitrogens with zero attached hydrogens (tertiary/aromatic N) is 3. The summed E-state index contributed by atoms with van der Waals surface area (Å²) in [7, 11) is 0. The summed E-state index contributed by atoms with van der Waals surface area (Å²) in [5.74, 6) is 0.921. The Morgan fingerprint density at radius 1 is 1.33 bits per heavy atom. The number of thioether (sulfide) groups is 1. The fraction of sp³-hybridized carbons (Fsp3) is 0.214. The first-order chi connectivity index (χ1) is 10.2. The summed E-state index contributed by atoms with van der Waals surface area (Å²) in [5.41, 5.74) is 1.82. The fourth-order valence-electron chi connectivity index (χ4n) is 1.80. The van der Waals surface area contributed by atoms with E-state index in [1.54, 1.807) is 17.4 Å². The highest BCUT2D eigenvalue weighted by Gasteiger charge is 2.09. The van der Waals surface area contributed by atoms with Gasteiger partial charge in [-0.2, -0.15) is 0 Å². The highest BCUT2D eigenvalue weighted by Crippen LogP contribution is 2.23. The Labute approximate surface area is 129 Å². The molecule has 0 saturated heterocycles. The highest BCUT2D eigenvalue weighted by molar-refractivity contribution is 7.98. The molecule has 108 valence electrons. The molecule has 0 amide bonds. The Hall–Kier alpha value is -1.73. The summed E-state index contributed by atoms with van der Waals surface area (Å²) >= 11 is 3.07. The zero-order valence-electron chi connectivity index (χ0n) is 11.2. The maximum atomic E-state index is 13.1. The van der Waals surface area contributed by atoms with E-state index in [1.807, 2.05) is 18.4 Å². The van der Waals surface area contributed by atoms with E-state index in [9.17, 15) is 4.39 Å². The third kappa shape index (κ3) is 3.89. The first-order valence-corrected chi connectivity index (χ1v) is 8.16. The standard InChI is InChI=1S/C14H12FN3OS2/c1-9-16-12(7-20-9)8-21-14-18-17-13(19-14)6-10-3-2-4-11(15)5-10/h2-5,7H,6,8H2,1H3. The van der Waals surface area contributed by atoms with Crippen molar-refractivity contribution in [1.82, 2.24) is 15.2 Å². The van der Waals surface area contributed by atoms with Gasteiger partial charge >= 0.3 is 0 Å². The van der Waals surface area contributed by atoms with E-state index in [-0.39, 0.29) is 5.82 Å². The molecule has 3 aromatic rings. The van der Waals surface area contributed by atoms with Crippen LogP contribution in [0.2, 0.25) is 0 Å². The second-order valence-corrected chi connectivity index (χ2v) is 6.40. The molecule has 0 radical (unpaired) electrons. The lowest BCUT2D eigenvalue weighted by Crippen LogP contribution is -1.89. The van der Waals surface area contributed by atoms with E-state index in [0.29, 0.717) is 23.3 Å². The van der Waals surface area contributed by atoms with E-state index in [0.717, 1.165) is 16.3 Å². The van der Waals surface area contributed by atoms with E-state index in [2.05, 4.69) is 15.2 Å². The normalized spacial score (nSPS) is 11.0. The van der Waals surface area contributed by atoms with Crippen molar-refractivity contribution in [2.75, 3.05) is 0 Å². The first kappa shape index (κ1) is 14.2. The number of aromatic nitrogens is 3. The Morgan fingerprint density at radius 3 is 3.00 bits per heavy atom. The zero-order chi connectivity index (χ0) is 14.7.